The monoisotopic (exact) mass is 114 g/mol. The maximum absolute atomic E-state index is 8.60. The molecule has 0 saturated heterocycles. The highest BCUT2D eigenvalue weighted by atomic mass is 28.3. The Morgan fingerprint density at radius 2 is 2.43 bits per heavy atom. The summed E-state index contributed by atoms with van der Waals surface area (Å²) in [5.74, 6) is 0. The van der Waals surface area contributed by atoms with Crippen molar-refractivity contribution in [3.05, 3.63) is 0 Å². The smallest absolute Gasteiger partial charge is 0.335 e. The van der Waals surface area contributed by atoms with E-state index in [1.54, 1.807) is 0 Å². The predicted molar refractivity (Wildman–Crippen MR) is 28.7 cm³/mol. The number of nitrogens with zero attached hydrogens (tertiary/aromatic N) is 1. The fourth-order valence-electron chi connectivity index (χ4n) is 0.293. The van der Waals surface area contributed by atoms with Gasteiger partial charge in [-0.05, 0) is 6.04 Å². The summed E-state index contributed by atoms with van der Waals surface area (Å²) in [6.45, 7) is 1.96. The first-order chi connectivity index (χ1) is 3.31. The van der Waals surface area contributed by atoms with E-state index in [0.29, 0.717) is 6.04 Å². The van der Waals surface area contributed by atoms with Crippen molar-refractivity contribution in [3.63, 3.8) is 0 Å². The van der Waals surface area contributed by atoms with Crippen molar-refractivity contribution >= 4 is 9.04 Å². The van der Waals surface area contributed by atoms with Crippen molar-refractivity contribution in [2.75, 3.05) is 0 Å². The number of rotatable bonds is 2. The second-order valence-corrected chi connectivity index (χ2v) is 2.93. The molecule has 0 aromatic heterocycles. The molecule has 0 aromatic carbocycles. The van der Waals surface area contributed by atoms with Gasteiger partial charge in [-0.15, -0.1) is 0 Å². The summed E-state index contributed by atoms with van der Waals surface area (Å²) in [5, 5.41) is 8.01. The molecule has 0 aliphatic rings. The third-order valence-electron chi connectivity index (χ3n) is 0.616. The van der Waals surface area contributed by atoms with Crippen LogP contribution in [-0.4, -0.2) is 13.8 Å². The molecule has 3 heteroatoms. The van der Waals surface area contributed by atoms with Gasteiger partial charge in [0, 0.05) is 0 Å². The van der Waals surface area contributed by atoms with Gasteiger partial charge in [0.1, 0.15) is 0 Å². The number of hydrogen-bond acceptors (Lipinski definition) is 2. The van der Waals surface area contributed by atoms with Crippen molar-refractivity contribution < 1.29 is 4.80 Å². The Balaban J connectivity index is 3.04. The topological polar surface area (TPSA) is 44.0 Å². The molecular formula is C4H8NOSi. The van der Waals surface area contributed by atoms with Crippen LogP contribution in [0.2, 0.25) is 6.04 Å². The Morgan fingerprint density at radius 3 is 2.57 bits per heavy atom. The molecule has 0 aliphatic carbocycles. The van der Waals surface area contributed by atoms with E-state index in [1.807, 2.05) is 12.6 Å². The van der Waals surface area contributed by atoms with E-state index in [0.717, 1.165) is 6.42 Å². The van der Waals surface area contributed by atoms with Crippen LogP contribution in [0.5, 0.6) is 0 Å². The van der Waals surface area contributed by atoms with Gasteiger partial charge in [0.15, 0.2) is 0 Å². The third kappa shape index (κ3) is 3.50. The van der Waals surface area contributed by atoms with Gasteiger partial charge in [0.2, 0.25) is 0 Å². The molecule has 2 nitrogen and oxygen atoms in total. The van der Waals surface area contributed by atoms with Gasteiger partial charge in [0.25, 0.3) is 0 Å². The molecule has 0 unspecified atom stereocenters. The first-order valence-electron chi connectivity index (χ1n) is 2.26. The van der Waals surface area contributed by atoms with Crippen molar-refractivity contribution in [1.29, 1.82) is 5.26 Å². The fourth-order valence-corrected chi connectivity index (χ4v) is 0.878. The summed E-state index contributed by atoms with van der Waals surface area (Å²) in [6.07, 6.45) is 0.915. The number of nitriles is 1. The molecule has 0 amide bonds. The van der Waals surface area contributed by atoms with Crippen molar-refractivity contribution in [2.24, 2.45) is 0 Å². The SMILES string of the molecule is CCC[Si](O)C#N. The normalized spacial score (nSPS) is 8.86. The Hall–Kier alpha value is -0.333. The van der Waals surface area contributed by atoms with Crippen LogP contribution in [0.3, 0.4) is 0 Å². The molecule has 1 radical (unpaired) electrons. The summed E-state index contributed by atoms with van der Waals surface area (Å²) in [6, 6.07) is 0.696. The second kappa shape index (κ2) is 3.84. The van der Waals surface area contributed by atoms with Gasteiger partial charge in [-0.1, -0.05) is 13.3 Å². The molecule has 1 N–H and O–H groups in total. The molecule has 0 heterocycles. The highest BCUT2D eigenvalue weighted by molar-refractivity contribution is 6.58. The van der Waals surface area contributed by atoms with E-state index in [4.69, 9.17) is 10.1 Å². The van der Waals surface area contributed by atoms with Crippen LogP contribution < -0.4 is 0 Å². The van der Waals surface area contributed by atoms with Crippen LogP contribution in [0.1, 0.15) is 13.3 Å². The summed E-state index contributed by atoms with van der Waals surface area (Å²) in [5.41, 5.74) is 1.82. The molecule has 0 rings (SSSR count). The quantitative estimate of drug-likeness (QED) is 0.529. The fraction of sp³-hybridized carbons (Fsp3) is 0.750. The van der Waals surface area contributed by atoms with Crippen molar-refractivity contribution in [1.82, 2.24) is 0 Å². The lowest BCUT2D eigenvalue weighted by Crippen LogP contribution is -2.06. The maximum atomic E-state index is 8.60. The average molecular weight is 114 g/mol. The lowest BCUT2D eigenvalue weighted by Gasteiger charge is -1.87. The van der Waals surface area contributed by atoms with Crippen LogP contribution >= 0.6 is 0 Å². The highest BCUT2D eigenvalue weighted by Gasteiger charge is 2.02. The lowest BCUT2D eigenvalue weighted by molar-refractivity contribution is 0.582. The van der Waals surface area contributed by atoms with Crippen molar-refractivity contribution in [3.8, 4) is 5.69 Å². The van der Waals surface area contributed by atoms with Crippen LogP contribution in [0.25, 0.3) is 0 Å². The Bertz CT molecular complexity index is 78.2. The van der Waals surface area contributed by atoms with Crippen LogP contribution in [0.4, 0.5) is 0 Å². The zero-order valence-electron chi connectivity index (χ0n) is 4.31. The van der Waals surface area contributed by atoms with E-state index < -0.39 is 9.04 Å². The molecule has 0 aliphatic heterocycles. The van der Waals surface area contributed by atoms with Gasteiger partial charge in [0.05, 0.1) is 5.69 Å². The standard InChI is InChI=1S/C4H8NOSi/c1-2-3-7(6)4-5/h6H,2-3H2,1H3. The third-order valence-corrected chi connectivity index (χ3v) is 1.85. The Kier molecular flexibility index (Phi) is 3.66. The van der Waals surface area contributed by atoms with Gasteiger partial charge < -0.3 is 4.80 Å². The minimum atomic E-state index is -1.57. The maximum Gasteiger partial charge on any atom is 0.335 e. The first kappa shape index (κ1) is 6.67. The zero-order chi connectivity index (χ0) is 5.70. The summed E-state index contributed by atoms with van der Waals surface area (Å²) in [7, 11) is -1.57. The number of hydrogen-bond donors (Lipinski definition) is 1. The molecule has 7 heavy (non-hydrogen) atoms. The first-order valence-corrected chi connectivity index (χ1v) is 3.91. The molecular weight excluding hydrogens is 106 g/mol. The van der Waals surface area contributed by atoms with Crippen molar-refractivity contribution in [2.45, 2.75) is 19.4 Å². The summed E-state index contributed by atoms with van der Waals surface area (Å²) >= 11 is 0. The Labute approximate surface area is 45.1 Å². The average Bonchev–Trinajstić information content (AvgIpc) is 1.68. The lowest BCUT2D eigenvalue weighted by atomic mass is 10.6. The molecule has 0 atom stereocenters. The van der Waals surface area contributed by atoms with Crippen LogP contribution in [0, 0.1) is 11.0 Å². The molecule has 0 saturated carbocycles. The van der Waals surface area contributed by atoms with E-state index in [9.17, 15) is 0 Å². The largest absolute Gasteiger partial charge is 0.420 e. The van der Waals surface area contributed by atoms with E-state index >= 15 is 0 Å². The predicted octanol–water partition coefficient (Wildman–Crippen LogP) is 0.443. The molecule has 0 fully saturated rings. The van der Waals surface area contributed by atoms with E-state index in [1.165, 1.54) is 0 Å². The minimum Gasteiger partial charge on any atom is -0.420 e. The second-order valence-electron chi connectivity index (χ2n) is 1.31. The zero-order valence-corrected chi connectivity index (χ0v) is 5.31. The van der Waals surface area contributed by atoms with Gasteiger partial charge in [-0.2, -0.15) is 0 Å². The highest BCUT2D eigenvalue weighted by Crippen LogP contribution is 1.89. The molecule has 0 bridgehead atoms. The minimum absolute atomic E-state index is 0.696. The summed E-state index contributed by atoms with van der Waals surface area (Å²) in [4.78, 5) is 8.60. The van der Waals surface area contributed by atoms with Gasteiger partial charge in [-0.3, -0.25) is 0 Å². The molecule has 39 valence electrons. The van der Waals surface area contributed by atoms with E-state index in [-0.39, 0.29) is 0 Å². The Morgan fingerprint density at radius 1 is 1.86 bits per heavy atom. The van der Waals surface area contributed by atoms with Gasteiger partial charge >= 0.3 is 9.04 Å². The van der Waals surface area contributed by atoms with Gasteiger partial charge in [-0.25, -0.2) is 5.26 Å². The van der Waals surface area contributed by atoms with E-state index in [2.05, 4.69) is 0 Å². The van der Waals surface area contributed by atoms with Crippen LogP contribution in [0.15, 0.2) is 0 Å². The summed E-state index contributed by atoms with van der Waals surface area (Å²) < 4.78 is 0. The molecule has 0 spiro atoms. The molecule has 0 aromatic rings. The van der Waals surface area contributed by atoms with Crippen LogP contribution in [-0.2, 0) is 0 Å².